The molecule has 1 fully saturated rings. The van der Waals surface area contributed by atoms with Crippen LogP contribution in [0.4, 0.5) is 5.69 Å². The standard InChI is InChI=1S/C12H12N2O6S/c1-20-10-3-2-7(14(18)19)4-8(10)11(15)13-6-21-5-9(13)12(16)17/h2-4,9H,5-6H2,1H3,(H,16,17). The molecule has 1 N–H and O–H groups in total. The number of carboxylic acid groups (broad SMARTS) is 1. The van der Waals surface area contributed by atoms with Crippen molar-refractivity contribution < 1.29 is 24.4 Å². The van der Waals surface area contributed by atoms with E-state index in [-0.39, 0.29) is 28.6 Å². The number of rotatable bonds is 4. The maximum atomic E-state index is 12.5. The van der Waals surface area contributed by atoms with Gasteiger partial charge in [0.1, 0.15) is 11.8 Å². The summed E-state index contributed by atoms with van der Waals surface area (Å²) >= 11 is 1.32. The summed E-state index contributed by atoms with van der Waals surface area (Å²) in [6.45, 7) is 0. The summed E-state index contributed by atoms with van der Waals surface area (Å²) in [5, 5.41) is 19.9. The molecule has 1 atom stereocenters. The van der Waals surface area contributed by atoms with E-state index in [1.54, 1.807) is 0 Å². The molecule has 0 spiro atoms. The van der Waals surface area contributed by atoms with Crippen LogP contribution in [0.25, 0.3) is 0 Å². The van der Waals surface area contributed by atoms with Crippen LogP contribution in [0.2, 0.25) is 0 Å². The number of nitro benzene ring substituents is 1. The molecule has 1 aliphatic heterocycles. The highest BCUT2D eigenvalue weighted by molar-refractivity contribution is 7.99. The third-order valence-corrected chi connectivity index (χ3v) is 4.06. The van der Waals surface area contributed by atoms with E-state index in [0.717, 1.165) is 6.07 Å². The highest BCUT2D eigenvalue weighted by Gasteiger charge is 2.36. The molecular formula is C12H12N2O6S. The summed E-state index contributed by atoms with van der Waals surface area (Å²) in [5.41, 5.74) is -0.265. The van der Waals surface area contributed by atoms with Crippen molar-refractivity contribution in [2.75, 3.05) is 18.7 Å². The van der Waals surface area contributed by atoms with E-state index < -0.39 is 22.8 Å². The van der Waals surface area contributed by atoms with Gasteiger partial charge in [0.25, 0.3) is 11.6 Å². The predicted octanol–water partition coefficient (Wildman–Crippen LogP) is 1.20. The van der Waals surface area contributed by atoms with Gasteiger partial charge in [0.2, 0.25) is 0 Å². The maximum absolute atomic E-state index is 12.5. The fourth-order valence-corrected chi connectivity index (χ4v) is 3.12. The van der Waals surface area contributed by atoms with Crippen LogP contribution in [0, 0.1) is 10.1 Å². The molecule has 8 nitrogen and oxygen atoms in total. The van der Waals surface area contributed by atoms with Gasteiger partial charge < -0.3 is 14.7 Å². The lowest BCUT2D eigenvalue weighted by molar-refractivity contribution is -0.384. The second kappa shape index (κ2) is 6.00. The Morgan fingerprint density at radius 1 is 1.52 bits per heavy atom. The van der Waals surface area contributed by atoms with Gasteiger partial charge in [-0.25, -0.2) is 4.79 Å². The van der Waals surface area contributed by atoms with Crippen LogP contribution in [0.3, 0.4) is 0 Å². The fraction of sp³-hybridized carbons (Fsp3) is 0.333. The lowest BCUT2D eigenvalue weighted by Gasteiger charge is -2.21. The molecule has 21 heavy (non-hydrogen) atoms. The summed E-state index contributed by atoms with van der Waals surface area (Å²) in [5.74, 6) is -1.00. The molecular weight excluding hydrogens is 300 g/mol. The molecule has 1 amide bonds. The summed E-state index contributed by atoms with van der Waals surface area (Å²) in [7, 11) is 1.34. The van der Waals surface area contributed by atoms with Crippen molar-refractivity contribution >= 4 is 29.3 Å². The van der Waals surface area contributed by atoms with Gasteiger partial charge in [-0.1, -0.05) is 0 Å². The lowest BCUT2D eigenvalue weighted by atomic mass is 10.1. The van der Waals surface area contributed by atoms with Crippen molar-refractivity contribution in [1.82, 2.24) is 4.90 Å². The normalized spacial score (nSPS) is 17.6. The van der Waals surface area contributed by atoms with E-state index >= 15 is 0 Å². The number of non-ortho nitro benzene ring substituents is 1. The largest absolute Gasteiger partial charge is 0.496 e. The molecule has 1 aromatic carbocycles. The molecule has 1 unspecified atom stereocenters. The van der Waals surface area contributed by atoms with Gasteiger partial charge in [0.15, 0.2) is 0 Å². The van der Waals surface area contributed by atoms with Gasteiger partial charge in [0.05, 0.1) is 23.5 Å². The van der Waals surface area contributed by atoms with Gasteiger partial charge in [0, 0.05) is 17.9 Å². The highest BCUT2D eigenvalue weighted by Crippen LogP contribution is 2.29. The number of carbonyl (C=O) groups excluding carboxylic acids is 1. The van der Waals surface area contributed by atoms with Crippen molar-refractivity contribution in [3.8, 4) is 5.75 Å². The minimum atomic E-state index is -1.10. The Morgan fingerprint density at radius 3 is 2.81 bits per heavy atom. The molecule has 0 aliphatic carbocycles. The van der Waals surface area contributed by atoms with Gasteiger partial charge in [-0.15, -0.1) is 11.8 Å². The minimum absolute atomic E-state index is 0.0135. The SMILES string of the molecule is COc1ccc([N+](=O)[O-])cc1C(=O)N1CSCC1C(=O)O. The summed E-state index contributed by atoms with van der Waals surface area (Å²) < 4.78 is 5.03. The van der Waals surface area contributed by atoms with E-state index in [2.05, 4.69) is 0 Å². The molecule has 1 saturated heterocycles. The van der Waals surface area contributed by atoms with Crippen molar-refractivity contribution in [3.05, 3.63) is 33.9 Å². The second-order valence-corrected chi connectivity index (χ2v) is 5.27. The second-order valence-electron chi connectivity index (χ2n) is 4.27. The Labute approximate surface area is 123 Å². The average Bonchev–Trinajstić information content (AvgIpc) is 2.95. The summed E-state index contributed by atoms with van der Waals surface area (Å²) in [6, 6.07) is 2.71. The average molecular weight is 312 g/mol. The first kappa shape index (κ1) is 15.1. The van der Waals surface area contributed by atoms with E-state index in [1.165, 1.54) is 35.9 Å². The fourth-order valence-electron chi connectivity index (χ4n) is 1.98. The first-order valence-electron chi connectivity index (χ1n) is 5.89. The number of amides is 1. The number of ether oxygens (including phenoxy) is 1. The number of hydrogen-bond acceptors (Lipinski definition) is 6. The van der Waals surface area contributed by atoms with Crippen molar-refractivity contribution in [2.45, 2.75) is 6.04 Å². The number of carbonyl (C=O) groups is 2. The van der Waals surface area contributed by atoms with Gasteiger partial charge in [-0.2, -0.15) is 0 Å². The monoisotopic (exact) mass is 312 g/mol. The Hall–Kier alpha value is -2.29. The Kier molecular flexibility index (Phi) is 4.32. The van der Waals surface area contributed by atoms with Crippen LogP contribution in [-0.4, -0.2) is 51.6 Å². The van der Waals surface area contributed by atoms with E-state index in [0.29, 0.717) is 0 Å². The molecule has 0 radical (unpaired) electrons. The van der Waals surface area contributed by atoms with Crippen molar-refractivity contribution in [3.63, 3.8) is 0 Å². The van der Waals surface area contributed by atoms with Crippen LogP contribution in [0.1, 0.15) is 10.4 Å². The molecule has 1 aliphatic rings. The number of carboxylic acids is 1. The molecule has 112 valence electrons. The summed E-state index contributed by atoms with van der Waals surface area (Å²) in [6.07, 6.45) is 0. The third kappa shape index (κ3) is 2.92. The van der Waals surface area contributed by atoms with Crippen LogP contribution in [0.5, 0.6) is 5.75 Å². The smallest absolute Gasteiger partial charge is 0.327 e. The maximum Gasteiger partial charge on any atom is 0.327 e. The molecule has 0 aromatic heterocycles. The van der Waals surface area contributed by atoms with Crippen molar-refractivity contribution in [1.29, 1.82) is 0 Å². The van der Waals surface area contributed by atoms with Gasteiger partial charge in [-0.05, 0) is 6.07 Å². The van der Waals surface area contributed by atoms with Crippen molar-refractivity contribution in [2.24, 2.45) is 0 Å². The number of nitrogens with zero attached hydrogens (tertiary/aromatic N) is 2. The Balaban J connectivity index is 2.39. The molecule has 1 heterocycles. The van der Waals surface area contributed by atoms with E-state index in [9.17, 15) is 19.7 Å². The molecule has 0 bridgehead atoms. The predicted molar refractivity (Wildman–Crippen MR) is 74.6 cm³/mol. The first-order chi connectivity index (χ1) is 9.95. The number of benzene rings is 1. The number of hydrogen-bond donors (Lipinski definition) is 1. The van der Waals surface area contributed by atoms with E-state index in [1.807, 2.05) is 0 Å². The summed E-state index contributed by atoms with van der Waals surface area (Å²) in [4.78, 5) is 35.0. The molecule has 1 aromatic rings. The molecule has 2 rings (SSSR count). The van der Waals surface area contributed by atoms with Crippen LogP contribution in [0.15, 0.2) is 18.2 Å². The minimum Gasteiger partial charge on any atom is -0.496 e. The molecule has 9 heteroatoms. The zero-order valence-corrected chi connectivity index (χ0v) is 11.8. The number of nitro groups is 1. The topological polar surface area (TPSA) is 110 Å². The zero-order chi connectivity index (χ0) is 15.6. The lowest BCUT2D eigenvalue weighted by Crippen LogP contribution is -2.41. The first-order valence-corrected chi connectivity index (χ1v) is 7.05. The van der Waals surface area contributed by atoms with Gasteiger partial charge >= 0.3 is 5.97 Å². The quantitative estimate of drug-likeness (QED) is 0.657. The number of methoxy groups -OCH3 is 1. The van der Waals surface area contributed by atoms with Crippen LogP contribution < -0.4 is 4.74 Å². The number of aliphatic carboxylic acids is 1. The molecule has 0 saturated carbocycles. The zero-order valence-electron chi connectivity index (χ0n) is 11.0. The van der Waals surface area contributed by atoms with Gasteiger partial charge in [-0.3, -0.25) is 14.9 Å². The number of thioether (sulfide) groups is 1. The Bertz CT molecular complexity index is 605. The van der Waals surface area contributed by atoms with Crippen LogP contribution >= 0.6 is 11.8 Å². The highest BCUT2D eigenvalue weighted by atomic mass is 32.2. The third-order valence-electron chi connectivity index (χ3n) is 3.05. The van der Waals surface area contributed by atoms with E-state index in [4.69, 9.17) is 9.84 Å². The Morgan fingerprint density at radius 2 is 2.24 bits per heavy atom. The van der Waals surface area contributed by atoms with Crippen LogP contribution in [-0.2, 0) is 4.79 Å².